The molecule has 112 valence electrons. The number of thioether (sulfide) groups is 3. The minimum atomic E-state index is -0.300. The van der Waals surface area contributed by atoms with E-state index in [-0.39, 0.29) is 11.9 Å². The highest BCUT2D eigenvalue weighted by molar-refractivity contribution is 8.20. The zero-order valence-corrected chi connectivity index (χ0v) is 14.4. The van der Waals surface area contributed by atoms with Crippen molar-refractivity contribution in [1.82, 2.24) is 0 Å². The van der Waals surface area contributed by atoms with E-state index in [0.29, 0.717) is 5.57 Å². The summed E-state index contributed by atoms with van der Waals surface area (Å²) in [6.07, 6.45) is 0. The van der Waals surface area contributed by atoms with Crippen molar-refractivity contribution in [3.8, 4) is 0 Å². The minimum absolute atomic E-state index is 0.236. The predicted octanol–water partition coefficient (Wildman–Crippen LogP) is 3.05. The Morgan fingerprint density at radius 2 is 1.90 bits per heavy atom. The van der Waals surface area contributed by atoms with Crippen LogP contribution >= 0.6 is 35.3 Å². The van der Waals surface area contributed by atoms with E-state index >= 15 is 0 Å². The molecule has 1 aliphatic heterocycles. The van der Waals surface area contributed by atoms with Gasteiger partial charge in [0.05, 0.1) is 19.8 Å². The maximum Gasteiger partial charge on any atom is 0.335 e. The molecule has 0 saturated carbocycles. The van der Waals surface area contributed by atoms with E-state index in [0.717, 1.165) is 32.0 Å². The Labute approximate surface area is 132 Å². The molecule has 1 aliphatic rings. The van der Waals surface area contributed by atoms with Gasteiger partial charge in [0.25, 0.3) is 0 Å². The maximum atomic E-state index is 11.6. The van der Waals surface area contributed by atoms with Gasteiger partial charge in [0.1, 0.15) is 0 Å². The third kappa shape index (κ3) is 4.79. The third-order valence-corrected chi connectivity index (χ3v) is 6.37. The summed E-state index contributed by atoms with van der Waals surface area (Å²) in [7, 11) is 2.78. The average Bonchev–Trinajstić information content (AvgIpc) is 2.92. The van der Waals surface area contributed by atoms with Gasteiger partial charge in [0.2, 0.25) is 0 Å². The van der Waals surface area contributed by atoms with Crippen LogP contribution in [0.4, 0.5) is 0 Å². The lowest BCUT2D eigenvalue weighted by Crippen LogP contribution is -2.06. The largest absolute Gasteiger partial charge is 0.466 e. The van der Waals surface area contributed by atoms with Crippen LogP contribution in [0.2, 0.25) is 0 Å². The molecule has 0 fully saturated rings. The molecule has 20 heavy (non-hydrogen) atoms. The van der Waals surface area contributed by atoms with Gasteiger partial charge in [0.15, 0.2) is 0 Å². The quantitative estimate of drug-likeness (QED) is 0.420. The van der Waals surface area contributed by atoms with Crippen LogP contribution in [0, 0.1) is 0 Å². The Bertz CT molecular complexity index is 455. The van der Waals surface area contributed by atoms with Gasteiger partial charge in [-0.1, -0.05) is 0 Å². The number of allylic oxidation sites excluding steroid dienone is 1. The van der Waals surface area contributed by atoms with E-state index < -0.39 is 0 Å². The van der Waals surface area contributed by atoms with Crippen LogP contribution in [0.15, 0.2) is 21.0 Å². The zero-order chi connectivity index (χ0) is 15.1. The van der Waals surface area contributed by atoms with Gasteiger partial charge in [-0.3, -0.25) is 0 Å². The molecule has 4 nitrogen and oxygen atoms in total. The van der Waals surface area contributed by atoms with Crippen molar-refractivity contribution in [2.45, 2.75) is 13.8 Å². The molecule has 7 heteroatoms. The van der Waals surface area contributed by atoms with Crippen LogP contribution in [0.25, 0.3) is 0 Å². The fourth-order valence-corrected chi connectivity index (χ4v) is 5.21. The first-order valence-corrected chi connectivity index (χ1v) is 9.03. The molecular formula is C13H18O4S3. The third-order valence-electron chi connectivity index (χ3n) is 2.78. The number of methoxy groups -OCH3 is 2. The van der Waals surface area contributed by atoms with Gasteiger partial charge in [-0.25, -0.2) is 9.59 Å². The molecule has 0 radical (unpaired) electrons. The first-order valence-electron chi connectivity index (χ1n) is 5.90. The van der Waals surface area contributed by atoms with Crippen molar-refractivity contribution in [2.24, 2.45) is 0 Å². The monoisotopic (exact) mass is 334 g/mol. The molecule has 0 amide bonds. The van der Waals surface area contributed by atoms with Crippen LogP contribution in [0.5, 0.6) is 0 Å². The van der Waals surface area contributed by atoms with Gasteiger partial charge < -0.3 is 9.47 Å². The van der Waals surface area contributed by atoms with E-state index in [1.54, 1.807) is 42.2 Å². The summed E-state index contributed by atoms with van der Waals surface area (Å²) >= 11 is 4.93. The van der Waals surface area contributed by atoms with E-state index in [9.17, 15) is 9.59 Å². The minimum Gasteiger partial charge on any atom is -0.466 e. The summed E-state index contributed by atoms with van der Waals surface area (Å²) in [6, 6.07) is 0. The van der Waals surface area contributed by atoms with E-state index in [2.05, 4.69) is 4.74 Å². The Kier molecular flexibility index (Phi) is 7.61. The molecule has 0 bridgehead atoms. The Hall–Kier alpha value is -0.530. The molecule has 0 aromatic carbocycles. The highest BCUT2D eigenvalue weighted by atomic mass is 32.2. The number of esters is 2. The van der Waals surface area contributed by atoms with Crippen molar-refractivity contribution >= 4 is 47.2 Å². The number of hydrogen-bond acceptors (Lipinski definition) is 7. The van der Waals surface area contributed by atoms with Crippen LogP contribution < -0.4 is 0 Å². The molecule has 1 heterocycles. The second-order valence-electron chi connectivity index (χ2n) is 3.97. The topological polar surface area (TPSA) is 52.6 Å². The number of hydrogen-bond donors (Lipinski definition) is 0. The first kappa shape index (κ1) is 17.5. The second-order valence-corrected chi connectivity index (χ2v) is 7.58. The van der Waals surface area contributed by atoms with E-state index in [1.807, 2.05) is 6.92 Å². The summed E-state index contributed by atoms with van der Waals surface area (Å²) in [5.74, 6) is 1.04. The predicted molar refractivity (Wildman–Crippen MR) is 86.8 cm³/mol. The van der Waals surface area contributed by atoms with E-state index in [1.165, 1.54) is 14.2 Å². The lowest BCUT2D eigenvalue weighted by Gasteiger charge is -2.07. The standard InChI is InChI=1S/C13H18O4S3/c1-8(12(14)16-3)9(2)19-7-20-11-6-18-5-10(11)13(15)17-4/h5-7H2,1-4H3/b9-8-. The SMILES string of the molecule is COC(=O)C1=C(SCS/C(C)=C(/C)C(=O)OC)CSC1. The fourth-order valence-electron chi connectivity index (χ4n) is 1.43. The fraction of sp³-hybridized carbons (Fsp3) is 0.538. The number of carbonyl (C=O) groups is 2. The highest BCUT2D eigenvalue weighted by Crippen LogP contribution is 2.36. The second kappa shape index (κ2) is 8.69. The Morgan fingerprint density at radius 1 is 1.20 bits per heavy atom. The molecule has 0 unspecified atom stereocenters. The van der Waals surface area contributed by atoms with Crippen molar-refractivity contribution in [3.63, 3.8) is 0 Å². The molecule has 1 rings (SSSR count). The number of ether oxygens (including phenoxy) is 2. The lowest BCUT2D eigenvalue weighted by atomic mass is 10.3. The smallest absolute Gasteiger partial charge is 0.335 e. The van der Waals surface area contributed by atoms with Gasteiger partial charge in [-0.15, -0.1) is 23.5 Å². The van der Waals surface area contributed by atoms with Crippen LogP contribution in [0.1, 0.15) is 13.8 Å². The van der Waals surface area contributed by atoms with Gasteiger partial charge in [-0.05, 0) is 18.8 Å². The highest BCUT2D eigenvalue weighted by Gasteiger charge is 2.22. The van der Waals surface area contributed by atoms with Crippen LogP contribution in [-0.4, -0.2) is 42.7 Å². The molecule has 0 spiro atoms. The van der Waals surface area contributed by atoms with E-state index in [4.69, 9.17) is 4.74 Å². The zero-order valence-electron chi connectivity index (χ0n) is 12.0. The molecule has 0 aliphatic carbocycles. The summed E-state index contributed by atoms with van der Waals surface area (Å²) in [5, 5.41) is 0.760. The van der Waals surface area contributed by atoms with Crippen molar-refractivity contribution in [1.29, 1.82) is 0 Å². The lowest BCUT2D eigenvalue weighted by molar-refractivity contribution is -0.136. The van der Waals surface area contributed by atoms with Gasteiger partial charge in [0, 0.05) is 27.1 Å². The molecular weight excluding hydrogens is 316 g/mol. The van der Waals surface area contributed by atoms with Crippen molar-refractivity contribution in [2.75, 3.05) is 30.8 Å². The average molecular weight is 334 g/mol. The van der Waals surface area contributed by atoms with Crippen molar-refractivity contribution < 1.29 is 19.1 Å². The maximum absolute atomic E-state index is 11.6. The Morgan fingerprint density at radius 3 is 2.50 bits per heavy atom. The van der Waals surface area contributed by atoms with Gasteiger partial charge >= 0.3 is 11.9 Å². The summed E-state index contributed by atoms with van der Waals surface area (Å²) in [4.78, 5) is 25.0. The number of carbonyl (C=O) groups excluding carboxylic acids is 2. The summed E-state index contributed by atoms with van der Waals surface area (Å²) in [5.41, 5.74) is 1.40. The molecule has 0 aromatic rings. The summed E-state index contributed by atoms with van der Waals surface area (Å²) in [6.45, 7) is 3.65. The summed E-state index contributed by atoms with van der Waals surface area (Å²) < 4.78 is 9.46. The molecule has 0 atom stereocenters. The molecule has 0 aromatic heterocycles. The normalized spacial score (nSPS) is 16.0. The molecule has 0 N–H and O–H groups in total. The van der Waals surface area contributed by atoms with Crippen LogP contribution in [-0.2, 0) is 19.1 Å². The first-order chi connectivity index (χ1) is 9.51. The van der Waals surface area contributed by atoms with Gasteiger partial charge in [-0.2, -0.15) is 11.8 Å². The van der Waals surface area contributed by atoms with Crippen molar-refractivity contribution in [3.05, 3.63) is 21.0 Å². The molecule has 0 saturated heterocycles. The van der Waals surface area contributed by atoms with Crippen LogP contribution in [0.3, 0.4) is 0 Å². The number of rotatable bonds is 6. The Balaban J connectivity index is 2.56.